The van der Waals surface area contributed by atoms with Crippen molar-refractivity contribution in [3.63, 3.8) is 0 Å². The Morgan fingerprint density at radius 3 is 1.94 bits per heavy atom. The third-order valence-corrected chi connectivity index (χ3v) is 3.14. The van der Waals surface area contributed by atoms with E-state index in [0.717, 1.165) is 19.6 Å². The summed E-state index contributed by atoms with van der Waals surface area (Å²) in [5.74, 6) is 0. The minimum atomic E-state index is 0.819. The van der Waals surface area contributed by atoms with Gasteiger partial charge in [-0.25, -0.2) is 0 Å². The van der Waals surface area contributed by atoms with Crippen molar-refractivity contribution in [1.82, 2.24) is 0 Å². The van der Waals surface area contributed by atoms with Gasteiger partial charge in [-0.05, 0) is 32.2 Å². The van der Waals surface area contributed by atoms with E-state index in [2.05, 4.69) is 6.58 Å². The number of methoxy groups -OCH3 is 1. The quantitative estimate of drug-likeness (QED) is 0.390. The van der Waals surface area contributed by atoms with E-state index < -0.39 is 0 Å². The van der Waals surface area contributed by atoms with Crippen molar-refractivity contribution in [3.05, 3.63) is 12.2 Å². The summed E-state index contributed by atoms with van der Waals surface area (Å²) in [6, 6.07) is 0. The van der Waals surface area contributed by atoms with Crippen molar-refractivity contribution < 1.29 is 4.74 Å². The minimum absolute atomic E-state index is 0.819. The second-order valence-electron chi connectivity index (χ2n) is 4.86. The molecular formula is C15H31NO. The zero-order valence-corrected chi connectivity index (χ0v) is 11.7. The molecule has 0 heterocycles. The van der Waals surface area contributed by atoms with Crippen LogP contribution >= 0.6 is 0 Å². The summed E-state index contributed by atoms with van der Waals surface area (Å²) in [6.07, 6.45) is 12.8. The zero-order chi connectivity index (χ0) is 12.8. The molecule has 0 bridgehead atoms. The number of unbranched alkanes of at least 4 members (excludes halogenated alkanes) is 7. The van der Waals surface area contributed by atoms with Crippen molar-refractivity contribution in [2.45, 2.75) is 64.2 Å². The maximum atomic E-state index is 5.45. The van der Waals surface area contributed by atoms with E-state index >= 15 is 0 Å². The lowest BCUT2D eigenvalue weighted by Crippen LogP contribution is -1.97. The van der Waals surface area contributed by atoms with Gasteiger partial charge in [0.05, 0.1) is 0 Å². The Morgan fingerprint density at radius 1 is 0.882 bits per heavy atom. The van der Waals surface area contributed by atoms with Crippen LogP contribution in [0.1, 0.15) is 64.2 Å². The Labute approximate surface area is 108 Å². The molecule has 2 heteroatoms. The molecule has 0 fully saturated rings. The molecule has 0 spiro atoms. The Bertz CT molecular complexity index is 168. The summed E-state index contributed by atoms with van der Waals surface area (Å²) in [6.45, 7) is 5.74. The summed E-state index contributed by atoms with van der Waals surface area (Å²) in [5.41, 5.74) is 6.80. The Hall–Kier alpha value is -0.340. The van der Waals surface area contributed by atoms with Gasteiger partial charge in [-0.3, -0.25) is 0 Å². The average Bonchev–Trinajstić information content (AvgIpc) is 2.34. The van der Waals surface area contributed by atoms with E-state index in [1.165, 1.54) is 63.4 Å². The second-order valence-corrected chi connectivity index (χ2v) is 4.86. The standard InChI is InChI=1S/C15H31NO/c1-15(12-14-17-2)11-9-7-5-3-4-6-8-10-13-16/h1,3-14,16H2,2H3. The number of ether oxygens (including phenoxy) is 1. The molecule has 0 aromatic rings. The first-order valence-electron chi connectivity index (χ1n) is 7.17. The molecular weight excluding hydrogens is 210 g/mol. The SMILES string of the molecule is C=C(CCCCCCCCCCN)CCOC. The molecule has 0 aliphatic carbocycles. The summed E-state index contributed by atoms with van der Waals surface area (Å²) < 4.78 is 5.03. The first kappa shape index (κ1) is 16.7. The lowest BCUT2D eigenvalue weighted by atomic mass is 10.0. The number of nitrogens with two attached hydrogens (primary N) is 1. The van der Waals surface area contributed by atoms with Crippen molar-refractivity contribution in [2.24, 2.45) is 5.73 Å². The van der Waals surface area contributed by atoms with Gasteiger partial charge in [0.25, 0.3) is 0 Å². The van der Waals surface area contributed by atoms with Gasteiger partial charge in [-0.2, -0.15) is 0 Å². The molecule has 0 amide bonds. The van der Waals surface area contributed by atoms with Crippen LogP contribution in [0.15, 0.2) is 12.2 Å². The second kappa shape index (κ2) is 13.7. The highest BCUT2D eigenvalue weighted by atomic mass is 16.5. The van der Waals surface area contributed by atoms with E-state index in [0.29, 0.717) is 0 Å². The highest BCUT2D eigenvalue weighted by Crippen LogP contribution is 2.13. The molecule has 0 unspecified atom stereocenters. The predicted octanol–water partition coefficient (Wildman–Crippen LogP) is 4.05. The molecule has 2 nitrogen and oxygen atoms in total. The van der Waals surface area contributed by atoms with Crippen molar-refractivity contribution in [3.8, 4) is 0 Å². The average molecular weight is 241 g/mol. The van der Waals surface area contributed by atoms with E-state index in [9.17, 15) is 0 Å². The van der Waals surface area contributed by atoms with E-state index in [1.807, 2.05) is 0 Å². The van der Waals surface area contributed by atoms with Gasteiger partial charge in [-0.15, -0.1) is 0 Å². The van der Waals surface area contributed by atoms with Gasteiger partial charge < -0.3 is 10.5 Å². The Kier molecular flexibility index (Phi) is 13.4. The molecule has 0 aliphatic heterocycles. The smallest absolute Gasteiger partial charge is 0.0499 e. The molecule has 0 aromatic heterocycles. The van der Waals surface area contributed by atoms with Crippen molar-refractivity contribution in [2.75, 3.05) is 20.3 Å². The summed E-state index contributed by atoms with van der Waals surface area (Å²) >= 11 is 0. The Morgan fingerprint density at radius 2 is 1.41 bits per heavy atom. The minimum Gasteiger partial charge on any atom is -0.384 e. The van der Waals surface area contributed by atoms with Gasteiger partial charge in [-0.1, -0.05) is 50.7 Å². The highest BCUT2D eigenvalue weighted by Gasteiger charge is 1.95. The van der Waals surface area contributed by atoms with Crippen LogP contribution in [0.25, 0.3) is 0 Å². The summed E-state index contributed by atoms with van der Waals surface area (Å²) in [7, 11) is 1.75. The largest absolute Gasteiger partial charge is 0.384 e. The monoisotopic (exact) mass is 241 g/mol. The molecule has 0 saturated carbocycles. The summed E-state index contributed by atoms with van der Waals surface area (Å²) in [4.78, 5) is 0. The number of hydrogen-bond acceptors (Lipinski definition) is 2. The molecule has 2 N–H and O–H groups in total. The molecule has 102 valence electrons. The lowest BCUT2D eigenvalue weighted by Gasteiger charge is -2.05. The summed E-state index contributed by atoms with van der Waals surface area (Å²) in [5, 5.41) is 0. The van der Waals surface area contributed by atoms with Crippen LogP contribution < -0.4 is 5.73 Å². The molecule has 17 heavy (non-hydrogen) atoms. The third-order valence-electron chi connectivity index (χ3n) is 3.14. The molecule has 0 atom stereocenters. The van der Waals surface area contributed by atoms with Crippen LogP contribution in [0.3, 0.4) is 0 Å². The van der Waals surface area contributed by atoms with Crippen LogP contribution in [0, 0.1) is 0 Å². The van der Waals surface area contributed by atoms with E-state index in [4.69, 9.17) is 10.5 Å². The fraction of sp³-hybridized carbons (Fsp3) is 0.867. The number of hydrogen-bond donors (Lipinski definition) is 1. The fourth-order valence-electron chi connectivity index (χ4n) is 1.95. The third kappa shape index (κ3) is 13.6. The maximum Gasteiger partial charge on any atom is 0.0499 e. The molecule has 0 aliphatic rings. The normalized spacial score (nSPS) is 10.7. The highest BCUT2D eigenvalue weighted by molar-refractivity contribution is 4.93. The van der Waals surface area contributed by atoms with Gasteiger partial charge in [0, 0.05) is 13.7 Å². The first-order valence-corrected chi connectivity index (χ1v) is 7.17. The van der Waals surface area contributed by atoms with Crippen molar-refractivity contribution >= 4 is 0 Å². The van der Waals surface area contributed by atoms with Gasteiger partial charge >= 0.3 is 0 Å². The molecule has 0 saturated heterocycles. The van der Waals surface area contributed by atoms with Crippen LogP contribution in [-0.2, 0) is 4.74 Å². The molecule has 0 radical (unpaired) electrons. The predicted molar refractivity (Wildman–Crippen MR) is 76.2 cm³/mol. The maximum absolute atomic E-state index is 5.45. The first-order chi connectivity index (χ1) is 8.31. The van der Waals surface area contributed by atoms with Crippen LogP contribution in [0.4, 0.5) is 0 Å². The Balaban J connectivity index is 3.05. The van der Waals surface area contributed by atoms with Gasteiger partial charge in [0.2, 0.25) is 0 Å². The number of rotatable bonds is 13. The van der Waals surface area contributed by atoms with Crippen molar-refractivity contribution in [1.29, 1.82) is 0 Å². The molecule has 0 rings (SSSR count). The van der Waals surface area contributed by atoms with Gasteiger partial charge in [0.15, 0.2) is 0 Å². The van der Waals surface area contributed by atoms with Gasteiger partial charge in [0.1, 0.15) is 0 Å². The van der Waals surface area contributed by atoms with Crippen LogP contribution in [0.2, 0.25) is 0 Å². The molecule has 0 aromatic carbocycles. The topological polar surface area (TPSA) is 35.2 Å². The van der Waals surface area contributed by atoms with E-state index in [-0.39, 0.29) is 0 Å². The van der Waals surface area contributed by atoms with Crippen LogP contribution in [0.5, 0.6) is 0 Å². The van der Waals surface area contributed by atoms with Crippen LogP contribution in [-0.4, -0.2) is 20.3 Å². The fourth-order valence-corrected chi connectivity index (χ4v) is 1.95. The zero-order valence-electron chi connectivity index (χ0n) is 11.7. The van der Waals surface area contributed by atoms with E-state index in [1.54, 1.807) is 7.11 Å². The lowest BCUT2D eigenvalue weighted by molar-refractivity contribution is 0.201.